The third-order valence-corrected chi connectivity index (χ3v) is 4.48. The highest BCUT2D eigenvalue weighted by Gasteiger charge is 2.25. The number of methoxy groups -OCH3 is 1. The van der Waals surface area contributed by atoms with Crippen LogP contribution in [0.3, 0.4) is 0 Å². The van der Waals surface area contributed by atoms with Crippen molar-refractivity contribution in [1.82, 2.24) is 4.90 Å². The van der Waals surface area contributed by atoms with Crippen molar-refractivity contribution in [3.8, 4) is 5.75 Å². The van der Waals surface area contributed by atoms with Gasteiger partial charge in [0, 0.05) is 17.2 Å². The fraction of sp³-hybridized carbons (Fsp3) is 0.316. The van der Waals surface area contributed by atoms with Crippen LogP contribution in [0, 0.1) is 11.6 Å². The molecule has 1 aliphatic rings. The van der Waals surface area contributed by atoms with Gasteiger partial charge in [-0.3, -0.25) is 4.79 Å². The summed E-state index contributed by atoms with van der Waals surface area (Å²) in [4.78, 5) is 15.4. The number of carbonyl (C=O) groups is 1. The Kier molecular flexibility index (Phi) is 5.28. The lowest BCUT2D eigenvalue weighted by Crippen LogP contribution is -3.13. The topological polar surface area (TPSA) is 34.0 Å². The van der Waals surface area contributed by atoms with E-state index in [-0.39, 0.29) is 11.5 Å². The van der Waals surface area contributed by atoms with Crippen LogP contribution in [0.4, 0.5) is 8.78 Å². The van der Waals surface area contributed by atoms with Gasteiger partial charge in [0.05, 0.1) is 33.3 Å². The third-order valence-electron chi connectivity index (χ3n) is 4.48. The smallest absolute Gasteiger partial charge is 0.254 e. The van der Waals surface area contributed by atoms with Crippen molar-refractivity contribution in [3.63, 3.8) is 0 Å². The molecule has 4 nitrogen and oxygen atoms in total. The number of hydrogen-bond donors (Lipinski definition) is 1. The average molecular weight is 347 g/mol. The van der Waals surface area contributed by atoms with Gasteiger partial charge in [-0.15, -0.1) is 0 Å². The fourth-order valence-corrected chi connectivity index (χ4v) is 3.09. The molecule has 0 spiro atoms. The van der Waals surface area contributed by atoms with Gasteiger partial charge in [0.25, 0.3) is 5.91 Å². The number of hydrogen-bond acceptors (Lipinski definition) is 2. The van der Waals surface area contributed by atoms with Crippen LogP contribution in [-0.4, -0.2) is 44.1 Å². The molecule has 0 radical (unpaired) electrons. The van der Waals surface area contributed by atoms with Gasteiger partial charge < -0.3 is 14.5 Å². The van der Waals surface area contributed by atoms with E-state index >= 15 is 0 Å². The van der Waals surface area contributed by atoms with Crippen molar-refractivity contribution in [2.24, 2.45) is 0 Å². The summed E-state index contributed by atoms with van der Waals surface area (Å²) >= 11 is 0. The Hall–Kier alpha value is -2.47. The Morgan fingerprint density at radius 1 is 1.08 bits per heavy atom. The van der Waals surface area contributed by atoms with Crippen LogP contribution in [0.15, 0.2) is 42.5 Å². The maximum absolute atomic E-state index is 13.3. The number of carbonyl (C=O) groups excluding carboxylic acids is 1. The number of ether oxygens (including phenoxy) is 1. The van der Waals surface area contributed by atoms with Gasteiger partial charge >= 0.3 is 0 Å². The lowest BCUT2D eigenvalue weighted by atomic mass is 10.1. The number of piperazine rings is 1. The van der Waals surface area contributed by atoms with Crippen LogP contribution < -0.4 is 9.64 Å². The number of nitrogens with zero attached hydrogens (tertiary/aromatic N) is 1. The first-order valence-electron chi connectivity index (χ1n) is 8.27. The maximum Gasteiger partial charge on any atom is 0.254 e. The minimum Gasteiger partial charge on any atom is -0.497 e. The average Bonchev–Trinajstić information content (AvgIpc) is 2.61. The molecule has 132 valence electrons. The number of nitrogens with one attached hydrogen (secondary N) is 1. The van der Waals surface area contributed by atoms with Crippen LogP contribution in [0.5, 0.6) is 5.75 Å². The van der Waals surface area contributed by atoms with E-state index < -0.39 is 11.6 Å². The number of quaternary nitrogens is 1. The Labute approximate surface area is 145 Å². The molecular formula is C19H21F2N2O2+. The summed E-state index contributed by atoms with van der Waals surface area (Å²) < 4.78 is 31.7. The highest BCUT2D eigenvalue weighted by Crippen LogP contribution is 2.12. The Balaban J connectivity index is 1.56. The molecule has 0 aliphatic carbocycles. The van der Waals surface area contributed by atoms with E-state index in [1.165, 1.54) is 10.5 Å². The van der Waals surface area contributed by atoms with Crippen molar-refractivity contribution in [1.29, 1.82) is 0 Å². The number of benzene rings is 2. The second-order valence-electron chi connectivity index (χ2n) is 6.23. The summed E-state index contributed by atoms with van der Waals surface area (Å²) in [6.07, 6.45) is 0. The van der Waals surface area contributed by atoms with Crippen molar-refractivity contribution in [3.05, 3.63) is 65.2 Å². The first-order valence-corrected chi connectivity index (χ1v) is 8.27. The highest BCUT2D eigenvalue weighted by atomic mass is 19.1. The van der Waals surface area contributed by atoms with Crippen molar-refractivity contribution >= 4 is 5.91 Å². The molecule has 0 bridgehead atoms. The predicted molar refractivity (Wildman–Crippen MR) is 89.7 cm³/mol. The summed E-state index contributed by atoms with van der Waals surface area (Å²) in [5.74, 6) is -0.947. The summed E-state index contributed by atoms with van der Waals surface area (Å²) in [6.45, 7) is 3.62. The fourth-order valence-electron chi connectivity index (χ4n) is 3.09. The Bertz CT molecular complexity index is 721. The molecule has 2 aromatic carbocycles. The number of rotatable bonds is 4. The molecule has 0 atom stereocenters. The molecule has 1 amide bonds. The first-order chi connectivity index (χ1) is 12.0. The van der Waals surface area contributed by atoms with E-state index in [1.807, 2.05) is 24.3 Å². The number of halogens is 2. The zero-order valence-corrected chi connectivity index (χ0v) is 14.1. The second-order valence-corrected chi connectivity index (χ2v) is 6.23. The maximum atomic E-state index is 13.3. The molecule has 25 heavy (non-hydrogen) atoms. The lowest BCUT2D eigenvalue weighted by molar-refractivity contribution is -0.917. The molecule has 1 heterocycles. The molecule has 0 unspecified atom stereocenters. The molecule has 1 N–H and O–H groups in total. The van der Waals surface area contributed by atoms with E-state index in [1.54, 1.807) is 12.0 Å². The summed E-state index contributed by atoms with van der Waals surface area (Å²) in [5, 5.41) is 0. The molecule has 3 rings (SSSR count). The zero-order valence-electron chi connectivity index (χ0n) is 14.1. The normalized spacial score (nSPS) is 15.2. The quantitative estimate of drug-likeness (QED) is 0.910. The van der Waals surface area contributed by atoms with Gasteiger partial charge in [-0.25, -0.2) is 8.78 Å². The standard InChI is InChI=1S/C19H20F2N2O2/c1-25-18-4-2-14(3-5-18)13-22-6-8-23(9-7-22)19(24)15-10-16(20)12-17(21)11-15/h2-5,10-12H,6-9,13H2,1H3/p+1. The minimum atomic E-state index is -0.730. The Morgan fingerprint density at radius 3 is 2.24 bits per heavy atom. The molecule has 0 saturated carbocycles. The van der Waals surface area contributed by atoms with Gasteiger partial charge in [-0.1, -0.05) is 0 Å². The lowest BCUT2D eigenvalue weighted by Gasteiger charge is -2.32. The van der Waals surface area contributed by atoms with Gasteiger partial charge in [0.15, 0.2) is 0 Å². The molecular weight excluding hydrogens is 326 g/mol. The van der Waals surface area contributed by atoms with Crippen LogP contribution >= 0.6 is 0 Å². The van der Waals surface area contributed by atoms with Crippen molar-refractivity contribution < 1.29 is 23.2 Å². The first kappa shape index (κ1) is 17.4. The molecule has 1 saturated heterocycles. The molecule has 1 aliphatic heterocycles. The summed E-state index contributed by atoms with van der Waals surface area (Å²) in [6, 6.07) is 10.9. The summed E-state index contributed by atoms with van der Waals surface area (Å²) in [5.41, 5.74) is 1.28. The van der Waals surface area contributed by atoms with E-state index in [9.17, 15) is 13.6 Å². The van der Waals surface area contributed by atoms with Crippen LogP contribution in [0.2, 0.25) is 0 Å². The van der Waals surface area contributed by atoms with Gasteiger partial charge in [-0.05, 0) is 36.4 Å². The van der Waals surface area contributed by atoms with Crippen molar-refractivity contribution in [2.75, 3.05) is 33.3 Å². The second kappa shape index (κ2) is 7.61. The van der Waals surface area contributed by atoms with Crippen LogP contribution in [-0.2, 0) is 6.54 Å². The monoisotopic (exact) mass is 347 g/mol. The van der Waals surface area contributed by atoms with E-state index in [0.29, 0.717) is 13.1 Å². The van der Waals surface area contributed by atoms with E-state index in [2.05, 4.69) is 0 Å². The van der Waals surface area contributed by atoms with Gasteiger partial charge in [0.1, 0.15) is 23.9 Å². The predicted octanol–water partition coefficient (Wildman–Crippen LogP) is 1.51. The largest absolute Gasteiger partial charge is 0.497 e. The molecule has 0 aromatic heterocycles. The minimum absolute atomic E-state index is 0.0658. The van der Waals surface area contributed by atoms with Crippen LogP contribution in [0.25, 0.3) is 0 Å². The molecule has 1 fully saturated rings. The van der Waals surface area contributed by atoms with E-state index in [0.717, 1.165) is 43.6 Å². The molecule has 6 heteroatoms. The SMILES string of the molecule is COc1ccc(C[NH+]2CCN(C(=O)c3cc(F)cc(F)c3)CC2)cc1. The third kappa shape index (κ3) is 4.33. The van der Waals surface area contributed by atoms with Crippen LogP contribution in [0.1, 0.15) is 15.9 Å². The Morgan fingerprint density at radius 2 is 1.68 bits per heavy atom. The van der Waals surface area contributed by atoms with Crippen molar-refractivity contribution in [2.45, 2.75) is 6.54 Å². The van der Waals surface area contributed by atoms with E-state index in [4.69, 9.17) is 4.74 Å². The van der Waals surface area contributed by atoms with Gasteiger partial charge in [0.2, 0.25) is 0 Å². The highest BCUT2D eigenvalue weighted by molar-refractivity contribution is 5.94. The van der Waals surface area contributed by atoms with Gasteiger partial charge in [-0.2, -0.15) is 0 Å². The summed E-state index contributed by atoms with van der Waals surface area (Å²) in [7, 11) is 1.64. The molecule has 2 aromatic rings. The zero-order chi connectivity index (χ0) is 17.8. The number of amides is 1.